The number of ketones is 1. The van der Waals surface area contributed by atoms with Gasteiger partial charge in [0, 0.05) is 12.1 Å². The highest BCUT2D eigenvalue weighted by molar-refractivity contribution is 6.01. The van der Waals surface area contributed by atoms with Gasteiger partial charge in [-0.3, -0.25) is 4.79 Å². The van der Waals surface area contributed by atoms with Crippen LogP contribution in [-0.2, 0) is 0 Å². The van der Waals surface area contributed by atoms with Gasteiger partial charge in [0.1, 0.15) is 12.2 Å². The van der Waals surface area contributed by atoms with Crippen molar-refractivity contribution >= 4 is 18.2 Å². The minimum absolute atomic E-state index is 0. The molecule has 102 valence electrons. The summed E-state index contributed by atoms with van der Waals surface area (Å²) < 4.78 is 10.5. The summed E-state index contributed by atoms with van der Waals surface area (Å²) >= 11 is 0. The van der Waals surface area contributed by atoms with E-state index >= 15 is 0 Å². The summed E-state index contributed by atoms with van der Waals surface area (Å²) in [4.78, 5) is 11.7. The number of Topliss-reactive ketones (excluding diaryl/α,β-unsaturated/α-hetero) is 1. The van der Waals surface area contributed by atoms with Crippen LogP contribution in [0.4, 0.5) is 0 Å². The maximum atomic E-state index is 11.7. The molecule has 0 aliphatic carbocycles. The molecule has 6 heteroatoms. The molecule has 0 saturated carbocycles. The van der Waals surface area contributed by atoms with Crippen molar-refractivity contribution in [3.63, 3.8) is 0 Å². The van der Waals surface area contributed by atoms with Gasteiger partial charge in [0.2, 0.25) is 0 Å². The van der Waals surface area contributed by atoms with Gasteiger partial charge >= 0.3 is 0 Å². The van der Waals surface area contributed by atoms with E-state index in [0.29, 0.717) is 24.5 Å². The van der Waals surface area contributed by atoms with Gasteiger partial charge in [-0.25, -0.2) is 0 Å². The third-order valence-corrected chi connectivity index (χ3v) is 2.41. The number of halogens is 1. The highest BCUT2D eigenvalue weighted by Gasteiger charge is 2.22. The summed E-state index contributed by atoms with van der Waals surface area (Å²) in [5, 5.41) is 3.78. The van der Waals surface area contributed by atoms with Crippen molar-refractivity contribution in [1.29, 1.82) is 0 Å². The van der Waals surface area contributed by atoms with Crippen LogP contribution >= 0.6 is 12.4 Å². The van der Waals surface area contributed by atoms with Crippen molar-refractivity contribution in [1.82, 2.24) is 5.16 Å². The molecule has 0 amide bonds. The summed E-state index contributed by atoms with van der Waals surface area (Å²) in [6.45, 7) is 2.10. The van der Waals surface area contributed by atoms with Gasteiger partial charge in [-0.05, 0) is 12.1 Å². The zero-order valence-electron chi connectivity index (χ0n) is 10.5. The molecule has 0 unspecified atom stereocenters. The predicted molar refractivity (Wildman–Crippen MR) is 73.7 cm³/mol. The van der Waals surface area contributed by atoms with Crippen molar-refractivity contribution in [2.45, 2.75) is 6.92 Å². The fraction of sp³-hybridized carbons (Fsp3) is 0.231. The Morgan fingerprint density at radius 3 is 2.63 bits per heavy atom. The molecule has 0 radical (unpaired) electrons. The summed E-state index contributed by atoms with van der Waals surface area (Å²) in [5.41, 5.74) is 6.50. The van der Waals surface area contributed by atoms with Crippen LogP contribution in [0.25, 0.3) is 11.3 Å². The normalized spacial score (nSPS) is 9.79. The second kappa shape index (κ2) is 6.92. The quantitative estimate of drug-likeness (QED) is 0.851. The van der Waals surface area contributed by atoms with Gasteiger partial charge in [-0.15, -0.1) is 12.4 Å². The first-order valence-electron chi connectivity index (χ1n) is 5.63. The zero-order valence-corrected chi connectivity index (χ0v) is 11.3. The number of nitrogens with zero attached hydrogens (tertiary/aromatic N) is 1. The van der Waals surface area contributed by atoms with E-state index in [1.165, 1.54) is 6.92 Å². The Kier molecular flexibility index (Phi) is 5.54. The number of hydrogen-bond donors (Lipinski definition) is 1. The van der Waals surface area contributed by atoms with Crippen LogP contribution in [0.15, 0.2) is 34.9 Å². The minimum atomic E-state index is -0.151. The van der Waals surface area contributed by atoms with Crippen molar-refractivity contribution < 1.29 is 14.1 Å². The molecule has 19 heavy (non-hydrogen) atoms. The van der Waals surface area contributed by atoms with E-state index in [2.05, 4.69) is 5.16 Å². The van der Waals surface area contributed by atoms with E-state index in [-0.39, 0.29) is 24.1 Å². The van der Waals surface area contributed by atoms with E-state index in [9.17, 15) is 4.79 Å². The fourth-order valence-corrected chi connectivity index (χ4v) is 1.63. The molecule has 1 aromatic heterocycles. The molecular formula is C13H15ClN2O3. The molecule has 0 atom stereocenters. The second-order valence-corrected chi connectivity index (χ2v) is 3.75. The van der Waals surface area contributed by atoms with Crippen molar-refractivity contribution in [3.05, 3.63) is 35.9 Å². The van der Waals surface area contributed by atoms with Crippen LogP contribution in [0.1, 0.15) is 17.3 Å². The molecule has 0 bridgehead atoms. The Hall–Kier alpha value is -1.85. The topological polar surface area (TPSA) is 78.4 Å². The maximum Gasteiger partial charge on any atom is 0.265 e. The van der Waals surface area contributed by atoms with Crippen LogP contribution in [0.2, 0.25) is 0 Å². The van der Waals surface area contributed by atoms with Crippen LogP contribution < -0.4 is 10.5 Å². The average Bonchev–Trinajstić information content (AvgIpc) is 2.81. The van der Waals surface area contributed by atoms with Crippen LogP contribution in [0, 0.1) is 0 Å². The SMILES string of the molecule is CC(=O)c1c(OCCN)noc1-c1ccccc1.Cl. The molecule has 0 aliphatic heterocycles. The Labute approximate surface area is 117 Å². The number of aromatic nitrogens is 1. The number of rotatable bonds is 5. The lowest BCUT2D eigenvalue weighted by Crippen LogP contribution is -2.12. The van der Waals surface area contributed by atoms with E-state index < -0.39 is 0 Å². The molecule has 0 spiro atoms. The zero-order chi connectivity index (χ0) is 13.0. The van der Waals surface area contributed by atoms with Gasteiger partial charge in [-0.2, -0.15) is 0 Å². The maximum absolute atomic E-state index is 11.7. The first kappa shape index (κ1) is 15.2. The monoisotopic (exact) mass is 282 g/mol. The Morgan fingerprint density at radius 1 is 1.37 bits per heavy atom. The van der Waals surface area contributed by atoms with Gasteiger partial charge < -0.3 is 15.0 Å². The average molecular weight is 283 g/mol. The molecule has 1 heterocycles. The molecular weight excluding hydrogens is 268 g/mol. The van der Waals surface area contributed by atoms with Crippen molar-refractivity contribution in [3.8, 4) is 17.2 Å². The summed E-state index contributed by atoms with van der Waals surface area (Å²) in [6.07, 6.45) is 0. The second-order valence-electron chi connectivity index (χ2n) is 3.75. The molecule has 5 nitrogen and oxygen atoms in total. The van der Waals surface area contributed by atoms with Gasteiger partial charge in [0.15, 0.2) is 11.5 Å². The summed E-state index contributed by atoms with van der Waals surface area (Å²) in [6, 6.07) is 9.31. The predicted octanol–water partition coefficient (Wildman–Crippen LogP) is 2.30. The molecule has 1 aromatic carbocycles. The highest BCUT2D eigenvalue weighted by atomic mass is 35.5. The fourth-order valence-electron chi connectivity index (χ4n) is 1.63. The van der Waals surface area contributed by atoms with E-state index in [1.807, 2.05) is 30.3 Å². The lowest BCUT2D eigenvalue weighted by atomic mass is 10.1. The van der Waals surface area contributed by atoms with Crippen molar-refractivity contribution in [2.24, 2.45) is 5.73 Å². The van der Waals surface area contributed by atoms with Gasteiger partial charge in [-0.1, -0.05) is 30.3 Å². The number of ether oxygens (including phenoxy) is 1. The third kappa shape index (κ3) is 3.33. The number of carbonyl (C=O) groups is 1. The minimum Gasteiger partial charge on any atom is -0.474 e. The van der Waals surface area contributed by atoms with E-state index in [1.54, 1.807) is 0 Å². The van der Waals surface area contributed by atoms with E-state index in [4.69, 9.17) is 15.0 Å². The van der Waals surface area contributed by atoms with Crippen molar-refractivity contribution in [2.75, 3.05) is 13.2 Å². The summed E-state index contributed by atoms with van der Waals surface area (Å²) in [7, 11) is 0. The molecule has 2 aromatic rings. The lowest BCUT2D eigenvalue weighted by molar-refractivity contribution is 0.101. The lowest BCUT2D eigenvalue weighted by Gasteiger charge is -2.01. The van der Waals surface area contributed by atoms with Crippen LogP contribution in [0.3, 0.4) is 0 Å². The Balaban J connectivity index is 0.00000180. The molecule has 2 rings (SSSR count). The number of carbonyl (C=O) groups excluding carboxylic acids is 1. The first-order chi connectivity index (χ1) is 8.74. The number of nitrogens with two attached hydrogens (primary N) is 1. The standard InChI is InChI=1S/C13H14N2O3.ClH/c1-9(16)11-12(10-5-3-2-4-6-10)18-15-13(11)17-8-7-14;/h2-6H,7-8,14H2,1H3;1H. The van der Waals surface area contributed by atoms with Gasteiger partial charge in [0.25, 0.3) is 5.88 Å². The molecule has 0 fully saturated rings. The van der Waals surface area contributed by atoms with Gasteiger partial charge in [0.05, 0.1) is 0 Å². The first-order valence-corrected chi connectivity index (χ1v) is 5.63. The largest absolute Gasteiger partial charge is 0.474 e. The van der Waals surface area contributed by atoms with E-state index in [0.717, 1.165) is 5.56 Å². The Bertz CT molecular complexity index is 540. The number of benzene rings is 1. The van der Waals surface area contributed by atoms with Crippen LogP contribution in [0.5, 0.6) is 5.88 Å². The Morgan fingerprint density at radius 2 is 2.05 bits per heavy atom. The highest BCUT2D eigenvalue weighted by Crippen LogP contribution is 2.30. The summed E-state index contributed by atoms with van der Waals surface area (Å²) in [5.74, 6) is 0.476. The van der Waals surface area contributed by atoms with Crippen LogP contribution in [-0.4, -0.2) is 24.1 Å². The number of hydrogen-bond acceptors (Lipinski definition) is 5. The molecule has 2 N–H and O–H groups in total. The molecule has 0 aliphatic rings. The molecule has 0 saturated heterocycles. The smallest absolute Gasteiger partial charge is 0.265 e. The third-order valence-electron chi connectivity index (χ3n) is 2.41.